The predicted molar refractivity (Wildman–Crippen MR) is 75.8 cm³/mol. The Morgan fingerprint density at radius 2 is 1.89 bits per heavy atom. The summed E-state index contributed by atoms with van der Waals surface area (Å²) in [7, 11) is -1.73. The van der Waals surface area contributed by atoms with E-state index < -0.39 is 12.9 Å². The largest absolute Gasteiger partial charge is 0.491 e. The van der Waals surface area contributed by atoms with Crippen LogP contribution in [-0.2, 0) is 0 Å². The Labute approximate surface area is 114 Å². The molecule has 104 valence electrons. The summed E-state index contributed by atoms with van der Waals surface area (Å²) in [6, 6.07) is 4.80. The Bertz CT molecular complexity index is 415. The van der Waals surface area contributed by atoms with Crippen LogP contribution in [-0.4, -0.2) is 17.2 Å². The van der Waals surface area contributed by atoms with Gasteiger partial charge in [-0.1, -0.05) is 31.9 Å². The Balaban J connectivity index is 2.02. The molecule has 2 N–H and O–H groups in total. The lowest BCUT2D eigenvalue weighted by atomic mass is 9.75. The van der Waals surface area contributed by atoms with Crippen LogP contribution >= 0.6 is 0 Å². The summed E-state index contributed by atoms with van der Waals surface area (Å²) in [5, 5.41) is 18.0. The number of hydrogen-bond acceptors (Lipinski definition) is 2. The van der Waals surface area contributed by atoms with Gasteiger partial charge in [0, 0.05) is 5.46 Å². The van der Waals surface area contributed by atoms with Crippen LogP contribution < -0.4 is 5.46 Å². The van der Waals surface area contributed by atoms with Crippen molar-refractivity contribution in [1.29, 1.82) is 0 Å². The maximum Gasteiger partial charge on any atom is 0.491 e. The second kappa shape index (κ2) is 6.53. The van der Waals surface area contributed by atoms with Gasteiger partial charge in [0.15, 0.2) is 0 Å². The van der Waals surface area contributed by atoms with E-state index in [2.05, 4.69) is 6.92 Å². The highest BCUT2D eigenvalue weighted by Crippen LogP contribution is 2.37. The van der Waals surface area contributed by atoms with Gasteiger partial charge in [-0.15, -0.1) is 0 Å². The van der Waals surface area contributed by atoms with Crippen molar-refractivity contribution < 1.29 is 14.4 Å². The average molecular weight is 264 g/mol. The van der Waals surface area contributed by atoms with Crippen molar-refractivity contribution in [3.05, 3.63) is 29.6 Å². The molecule has 0 saturated heterocycles. The van der Waals surface area contributed by atoms with Crippen LogP contribution in [0.1, 0.15) is 56.9 Å². The molecular formula is C15H22BFO2. The lowest BCUT2D eigenvalue weighted by Crippen LogP contribution is -2.32. The molecule has 19 heavy (non-hydrogen) atoms. The summed E-state index contributed by atoms with van der Waals surface area (Å²) in [5.74, 6) is 0.750. The minimum atomic E-state index is -1.73. The molecule has 2 nitrogen and oxygen atoms in total. The SMILES string of the molecule is CCC[C@H]1CC[C@H](c2ccc(B(O)O)c(F)c2)CC1. The molecule has 0 heterocycles. The van der Waals surface area contributed by atoms with E-state index in [0.29, 0.717) is 5.92 Å². The van der Waals surface area contributed by atoms with E-state index in [1.54, 1.807) is 0 Å². The van der Waals surface area contributed by atoms with Gasteiger partial charge in [0.25, 0.3) is 0 Å². The van der Waals surface area contributed by atoms with Gasteiger partial charge in [-0.3, -0.25) is 0 Å². The van der Waals surface area contributed by atoms with Gasteiger partial charge in [-0.2, -0.15) is 0 Å². The molecule has 1 aliphatic carbocycles. The van der Waals surface area contributed by atoms with E-state index in [1.165, 1.54) is 37.8 Å². The maximum atomic E-state index is 13.7. The van der Waals surface area contributed by atoms with E-state index >= 15 is 0 Å². The fourth-order valence-corrected chi connectivity index (χ4v) is 3.20. The zero-order chi connectivity index (χ0) is 13.8. The van der Waals surface area contributed by atoms with Gasteiger partial charge in [0.1, 0.15) is 5.82 Å². The van der Waals surface area contributed by atoms with Gasteiger partial charge in [-0.05, 0) is 49.1 Å². The van der Waals surface area contributed by atoms with Crippen molar-refractivity contribution in [2.24, 2.45) is 5.92 Å². The molecule has 0 spiro atoms. The summed E-state index contributed by atoms with van der Waals surface area (Å²) in [6.07, 6.45) is 7.23. The van der Waals surface area contributed by atoms with Gasteiger partial charge in [-0.25, -0.2) is 4.39 Å². The number of rotatable bonds is 4. The van der Waals surface area contributed by atoms with Crippen molar-refractivity contribution in [2.75, 3.05) is 0 Å². The second-order valence-electron chi connectivity index (χ2n) is 5.66. The molecule has 1 aliphatic rings. The van der Waals surface area contributed by atoms with Gasteiger partial charge in [0.2, 0.25) is 0 Å². The van der Waals surface area contributed by atoms with Crippen molar-refractivity contribution in [3.63, 3.8) is 0 Å². The van der Waals surface area contributed by atoms with E-state index in [9.17, 15) is 4.39 Å². The monoisotopic (exact) mass is 264 g/mol. The van der Waals surface area contributed by atoms with Crippen LogP contribution in [0, 0.1) is 11.7 Å². The molecule has 1 aromatic carbocycles. The first-order chi connectivity index (χ1) is 9.11. The normalized spacial score (nSPS) is 23.4. The van der Waals surface area contributed by atoms with E-state index in [-0.39, 0.29) is 5.46 Å². The molecule has 0 unspecified atom stereocenters. The molecule has 0 amide bonds. The lowest BCUT2D eigenvalue weighted by molar-refractivity contribution is 0.308. The highest BCUT2D eigenvalue weighted by atomic mass is 19.1. The van der Waals surface area contributed by atoms with Crippen molar-refractivity contribution in [2.45, 2.75) is 51.4 Å². The van der Waals surface area contributed by atoms with E-state index in [0.717, 1.165) is 24.3 Å². The second-order valence-corrected chi connectivity index (χ2v) is 5.66. The van der Waals surface area contributed by atoms with Crippen LogP contribution in [0.4, 0.5) is 4.39 Å². The molecule has 0 radical (unpaired) electrons. The predicted octanol–water partition coefficient (Wildman–Crippen LogP) is 2.58. The van der Waals surface area contributed by atoms with Crippen molar-refractivity contribution >= 4 is 12.6 Å². The Hall–Kier alpha value is -0.865. The molecule has 0 aliphatic heterocycles. The van der Waals surface area contributed by atoms with Crippen LogP contribution in [0.25, 0.3) is 0 Å². The molecule has 4 heteroatoms. The first-order valence-electron chi connectivity index (χ1n) is 7.27. The van der Waals surface area contributed by atoms with Crippen molar-refractivity contribution in [3.8, 4) is 0 Å². The maximum absolute atomic E-state index is 13.7. The smallest absolute Gasteiger partial charge is 0.423 e. The molecule has 0 aromatic heterocycles. The Kier molecular flexibility index (Phi) is 5.00. The van der Waals surface area contributed by atoms with Gasteiger partial charge < -0.3 is 10.0 Å². The van der Waals surface area contributed by atoms with Crippen LogP contribution in [0.3, 0.4) is 0 Å². The summed E-state index contributed by atoms with van der Waals surface area (Å²) in [5.41, 5.74) is 0.959. The summed E-state index contributed by atoms with van der Waals surface area (Å²) >= 11 is 0. The van der Waals surface area contributed by atoms with Crippen LogP contribution in [0.2, 0.25) is 0 Å². The summed E-state index contributed by atoms with van der Waals surface area (Å²) < 4.78 is 13.7. The molecule has 1 fully saturated rings. The fraction of sp³-hybridized carbons (Fsp3) is 0.600. The molecule has 0 bridgehead atoms. The zero-order valence-corrected chi connectivity index (χ0v) is 11.5. The highest BCUT2D eigenvalue weighted by Gasteiger charge is 2.23. The standard InChI is InChI=1S/C15H22BFO2/c1-2-3-11-4-6-12(7-5-11)13-8-9-14(16(18)19)15(17)10-13/h8-12,18-19H,2-7H2,1H3/t11-,12-. The van der Waals surface area contributed by atoms with Gasteiger partial charge in [0.05, 0.1) is 0 Å². The average Bonchev–Trinajstić information content (AvgIpc) is 2.39. The highest BCUT2D eigenvalue weighted by molar-refractivity contribution is 6.58. The molecule has 1 saturated carbocycles. The number of halogens is 1. The van der Waals surface area contributed by atoms with Crippen LogP contribution in [0.15, 0.2) is 18.2 Å². The summed E-state index contributed by atoms with van der Waals surface area (Å²) in [6.45, 7) is 2.22. The first kappa shape index (κ1) is 14.5. The summed E-state index contributed by atoms with van der Waals surface area (Å²) in [4.78, 5) is 0. The van der Waals surface area contributed by atoms with Gasteiger partial charge >= 0.3 is 7.12 Å². The molecule has 1 aromatic rings. The molecule has 0 atom stereocenters. The van der Waals surface area contributed by atoms with Crippen molar-refractivity contribution in [1.82, 2.24) is 0 Å². The van der Waals surface area contributed by atoms with Crippen LogP contribution in [0.5, 0.6) is 0 Å². The zero-order valence-electron chi connectivity index (χ0n) is 11.5. The van der Waals surface area contributed by atoms with E-state index in [1.807, 2.05) is 6.07 Å². The lowest BCUT2D eigenvalue weighted by Gasteiger charge is -2.28. The Morgan fingerprint density at radius 1 is 1.21 bits per heavy atom. The third kappa shape index (κ3) is 3.57. The number of hydrogen-bond donors (Lipinski definition) is 2. The molecular weight excluding hydrogens is 242 g/mol. The van der Waals surface area contributed by atoms with E-state index in [4.69, 9.17) is 10.0 Å². The third-order valence-corrected chi connectivity index (χ3v) is 4.32. The number of benzene rings is 1. The topological polar surface area (TPSA) is 40.5 Å². The first-order valence-corrected chi connectivity index (χ1v) is 7.27. The third-order valence-electron chi connectivity index (χ3n) is 4.32. The molecule has 2 rings (SSSR count). The minimum Gasteiger partial charge on any atom is -0.423 e. The minimum absolute atomic E-state index is 0.0385. The quantitative estimate of drug-likeness (QED) is 0.820. The fourth-order valence-electron chi connectivity index (χ4n) is 3.20. The Morgan fingerprint density at radius 3 is 2.42 bits per heavy atom.